The molecule has 1 unspecified atom stereocenters. The van der Waals surface area contributed by atoms with E-state index in [1.807, 2.05) is 0 Å². The summed E-state index contributed by atoms with van der Waals surface area (Å²) < 4.78 is 0. The predicted octanol–water partition coefficient (Wildman–Crippen LogP) is 5.49. The van der Waals surface area contributed by atoms with Crippen molar-refractivity contribution in [3.05, 3.63) is 65.3 Å². The Hall–Kier alpha value is -1.56. The number of hydrogen-bond donors (Lipinski definition) is 0. The molecule has 0 heteroatoms. The molecular weight excluding hydrogens is 228 g/mol. The van der Waals surface area contributed by atoms with Crippen molar-refractivity contribution in [3.63, 3.8) is 0 Å². The lowest BCUT2D eigenvalue weighted by atomic mass is 9.65. The summed E-state index contributed by atoms with van der Waals surface area (Å²) in [7, 11) is 0. The van der Waals surface area contributed by atoms with E-state index >= 15 is 0 Å². The van der Waals surface area contributed by atoms with E-state index in [0.717, 1.165) is 6.42 Å². The Kier molecular flexibility index (Phi) is 3.18. The van der Waals surface area contributed by atoms with Crippen LogP contribution in [0.2, 0.25) is 0 Å². The van der Waals surface area contributed by atoms with Crippen molar-refractivity contribution in [1.82, 2.24) is 0 Å². The van der Waals surface area contributed by atoms with Crippen LogP contribution >= 0.6 is 0 Å². The summed E-state index contributed by atoms with van der Waals surface area (Å²) in [6.07, 6.45) is 15.3. The van der Waals surface area contributed by atoms with E-state index in [1.54, 1.807) is 5.57 Å². The Balaban J connectivity index is 2.08. The lowest BCUT2D eigenvalue weighted by molar-refractivity contribution is 0.300. The molecule has 0 spiro atoms. The van der Waals surface area contributed by atoms with Crippen LogP contribution in [0.1, 0.15) is 50.2 Å². The maximum Gasteiger partial charge on any atom is 0.0124 e. The molecule has 0 bridgehead atoms. The van der Waals surface area contributed by atoms with Gasteiger partial charge in [-0.05, 0) is 36.0 Å². The molecule has 0 saturated heterocycles. The Morgan fingerprint density at radius 3 is 2.58 bits per heavy atom. The SMILES string of the molecule is CCC(CC)(C1=CCC=C1)C1C=Cc2ccccc21. The molecular formula is C19H22. The minimum atomic E-state index is 0.274. The zero-order chi connectivity index (χ0) is 13.3. The second-order valence-electron chi connectivity index (χ2n) is 5.63. The third kappa shape index (κ3) is 1.82. The van der Waals surface area contributed by atoms with Crippen LogP contribution in [0.5, 0.6) is 0 Å². The van der Waals surface area contributed by atoms with Crippen LogP contribution in [0.25, 0.3) is 6.08 Å². The van der Waals surface area contributed by atoms with E-state index in [0.29, 0.717) is 5.92 Å². The highest BCUT2D eigenvalue weighted by molar-refractivity contribution is 5.64. The number of allylic oxidation sites excluding steroid dienone is 5. The normalized spacial score (nSPS) is 20.7. The molecule has 2 aliphatic rings. The van der Waals surface area contributed by atoms with Gasteiger partial charge >= 0.3 is 0 Å². The first-order chi connectivity index (χ1) is 9.31. The molecule has 19 heavy (non-hydrogen) atoms. The van der Waals surface area contributed by atoms with Gasteiger partial charge in [0, 0.05) is 11.3 Å². The maximum absolute atomic E-state index is 2.42. The quantitative estimate of drug-likeness (QED) is 0.663. The average molecular weight is 250 g/mol. The van der Waals surface area contributed by atoms with Gasteiger partial charge in [0.05, 0.1) is 0 Å². The average Bonchev–Trinajstić information content (AvgIpc) is 3.11. The van der Waals surface area contributed by atoms with Crippen LogP contribution in [-0.4, -0.2) is 0 Å². The monoisotopic (exact) mass is 250 g/mol. The topological polar surface area (TPSA) is 0 Å². The smallest absolute Gasteiger partial charge is 0.0124 e. The molecule has 0 aromatic heterocycles. The fraction of sp³-hybridized carbons (Fsp3) is 0.368. The summed E-state index contributed by atoms with van der Waals surface area (Å²) in [4.78, 5) is 0. The molecule has 1 aromatic rings. The van der Waals surface area contributed by atoms with Crippen LogP contribution < -0.4 is 0 Å². The van der Waals surface area contributed by atoms with Gasteiger partial charge in [-0.15, -0.1) is 0 Å². The number of benzene rings is 1. The lowest BCUT2D eigenvalue weighted by Gasteiger charge is -2.38. The summed E-state index contributed by atoms with van der Waals surface area (Å²) >= 11 is 0. The van der Waals surface area contributed by atoms with Gasteiger partial charge in [0.15, 0.2) is 0 Å². The second kappa shape index (κ2) is 4.85. The Bertz CT molecular complexity index is 553. The Morgan fingerprint density at radius 2 is 1.89 bits per heavy atom. The molecule has 0 heterocycles. The third-order valence-corrected chi connectivity index (χ3v) is 5.00. The largest absolute Gasteiger partial charge is 0.0804 e. The molecule has 0 saturated carbocycles. The summed E-state index contributed by atoms with van der Waals surface area (Å²) in [5, 5.41) is 0. The van der Waals surface area contributed by atoms with Gasteiger partial charge in [0.2, 0.25) is 0 Å². The van der Waals surface area contributed by atoms with E-state index in [9.17, 15) is 0 Å². The van der Waals surface area contributed by atoms with Crippen molar-refractivity contribution in [1.29, 1.82) is 0 Å². The van der Waals surface area contributed by atoms with Crippen molar-refractivity contribution in [2.45, 2.75) is 39.0 Å². The van der Waals surface area contributed by atoms with Crippen LogP contribution in [0.15, 0.2) is 54.1 Å². The van der Waals surface area contributed by atoms with Gasteiger partial charge in [-0.3, -0.25) is 0 Å². The number of hydrogen-bond acceptors (Lipinski definition) is 0. The van der Waals surface area contributed by atoms with Crippen molar-refractivity contribution in [2.75, 3.05) is 0 Å². The lowest BCUT2D eigenvalue weighted by Crippen LogP contribution is -2.27. The van der Waals surface area contributed by atoms with E-state index in [4.69, 9.17) is 0 Å². The first kappa shape index (κ1) is 12.5. The zero-order valence-corrected chi connectivity index (χ0v) is 11.9. The zero-order valence-electron chi connectivity index (χ0n) is 11.9. The molecule has 0 N–H and O–H groups in total. The van der Waals surface area contributed by atoms with Gasteiger partial charge in [-0.25, -0.2) is 0 Å². The highest BCUT2D eigenvalue weighted by Crippen LogP contribution is 2.52. The maximum atomic E-state index is 2.42. The molecule has 0 aliphatic heterocycles. The Labute approximate surface area is 116 Å². The molecule has 1 aromatic carbocycles. The highest BCUT2D eigenvalue weighted by Gasteiger charge is 2.40. The molecule has 0 amide bonds. The first-order valence-electron chi connectivity index (χ1n) is 7.46. The van der Waals surface area contributed by atoms with Crippen LogP contribution in [0.3, 0.4) is 0 Å². The molecule has 0 radical (unpaired) electrons. The van der Waals surface area contributed by atoms with E-state index in [-0.39, 0.29) is 5.41 Å². The van der Waals surface area contributed by atoms with Gasteiger partial charge in [0.1, 0.15) is 0 Å². The van der Waals surface area contributed by atoms with Crippen molar-refractivity contribution >= 4 is 6.08 Å². The van der Waals surface area contributed by atoms with Crippen LogP contribution in [-0.2, 0) is 0 Å². The number of fused-ring (bicyclic) bond motifs is 1. The second-order valence-corrected chi connectivity index (χ2v) is 5.63. The molecule has 0 fully saturated rings. The van der Waals surface area contributed by atoms with Gasteiger partial charge in [-0.1, -0.05) is 68.5 Å². The van der Waals surface area contributed by atoms with E-state index in [2.05, 4.69) is 68.5 Å². The van der Waals surface area contributed by atoms with E-state index in [1.165, 1.54) is 24.0 Å². The summed E-state index contributed by atoms with van der Waals surface area (Å²) in [6, 6.07) is 8.85. The molecule has 98 valence electrons. The standard InChI is InChI=1S/C19H22/c1-3-19(4-2,16-10-6-7-11-16)18-14-13-15-9-5-8-12-17(15)18/h5-6,8-14,18H,3-4,7H2,1-2H3. The molecule has 3 rings (SSSR count). The minimum absolute atomic E-state index is 0.274. The van der Waals surface area contributed by atoms with Crippen molar-refractivity contribution < 1.29 is 0 Å². The third-order valence-electron chi connectivity index (χ3n) is 5.00. The fourth-order valence-electron chi connectivity index (χ4n) is 3.84. The first-order valence-corrected chi connectivity index (χ1v) is 7.46. The molecule has 2 aliphatic carbocycles. The van der Waals surface area contributed by atoms with Gasteiger partial charge in [-0.2, -0.15) is 0 Å². The summed E-state index contributed by atoms with van der Waals surface area (Å²) in [6.45, 7) is 4.68. The van der Waals surface area contributed by atoms with Gasteiger partial charge in [0.25, 0.3) is 0 Å². The molecule has 1 atom stereocenters. The predicted molar refractivity (Wildman–Crippen MR) is 83.1 cm³/mol. The van der Waals surface area contributed by atoms with Crippen LogP contribution in [0, 0.1) is 5.41 Å². The number of rotatable bonds is 4. The van der Waals surface area contributed by atoms with E-state index < -0.39 is 0 Å². The Morgan fingerprint density at radius 1 is 1.11 bits per heavy atom. The fourth-order valence-corrected chi connectivity index (χ4v) is 3.84. The minimum Gasteiger partial charge on any atom is -0.0804 e. The van der Waals surface area contributed by atoms with Gasteiger partial charge < -0.3 is 0 Å². The summed E-state index contributed by atoms with van der Waals surface area (Å²) in [5.41, 5.74) is 4.73. The molecule has 0 nitrogen and oxygen atoms in total. The van der Waals surface area contributed by atoms with Crippen molar-refractivity contribution in [3.8, 4) is 0 Å². The summed E-state index contributed by atoms with van der Waals surface area (Å²) in [5.74, 6) is 0.535. The van der Waals surface area contributed by atoms with Crippen molar-refractivity contribution in [2.24, 2.45) is 5.41 Å². The van der Waals surface area contributed by atoms with Crippen LogP contribution in [0.4, 0.5) is 0 Å². The highest BCUT2D eigenvalue weighted by atomic mass is 14.4.